The lowest BCUT2D eigenvalue weighted by Crippen LogP contribution is -2.43. The molecular weight excluding hydrogens is 344 g/mol. The molecule has 1 unspecified atom stereocenters. The van der Waals surface area contributed by atoms with Crippen LogP contribution in [-0.4, -0.2) is 41.9 Å². The molecular formula is C14H15ClN2O3S2. The minimum Gasteiger partial charge on any atom is -0.507 e. The van der Waals surface area contributed by atoms with Crippen LogP contribution in [-0.2, 0) is 9.84 Å². The van der Waals surface area contributed by atoms with Crippen molar-refractivity contribution in [2.45, 2.75) is 17.3 Å². The summed E-state index contributed by atoms with van der Waals surface area (Å²) in [6.07, 6.45) is 0. The normalized spacial score (nSPS) is 19.5. The fraction of sp³-hybridized carbons (Fsp3) is 0.357. The van der Waals surface area contributed by atoms with E-state index in [-0.39, 0.29) is 10.8 Å². The summed E-state index contributed by atoms with van der Waals surface area (Å²) in [5, 5.41) is 13.3. The number of hydrogen-bond acceptors (Lipinski definition) is 6. The van der Waals surface area contributed by atoms with Crippen molar-refractivity contribution < 1.29 is 13.5 Å². The third-order valence-electron chi connectivity index (χ3n) is 3.58. The summed E-state index contributed by atoms with van der Waals surface area (Å²) in [5.41, 5.74) is 1.17. The smallest absolute Gasteiger partial charge is 0.212 e. The van der Waals surface area contributed by atoms with E-state index >= 15 is 0 Å². The van der Waals surface area contributed by atoms with Gasteiger partial charge in [0.25, 0.3) is 0 Å². The van der Waals surface area contributed by atoms with Crippen LogP contribution in [0.5, 0.6) is 5.75 Å². The zero-order valence-electron chi connectivity index (χ0n) is 11.8. The van der Waals surface area contributed by atoms with E-state index in [4.69, 9.17) is 11.6 Å². The van der Waals surface area contributed by atoms with E-state index in [0.717, 1.165) is 11.3 Å². The number of aryl methyl sites for hydroxylation is 1. The van der Waals surface area contributed by atoms with E-state index in [2.05, 4.69) is 10.3 Å². The van der Waals surface area contributed by atoms with Gasteiger partial charge in [0.2, 0.25) is 9.84 Å². The summed E-state index contributed by atoms with van der Waals surface area (Å²) in [4.78, 5) is 4.27. The number of thioether (sulfide) groups is 1. The van der Waals surface area contributed by atoms with E-state index in [1.807, 2.05) is 0 Å². The van der Waals surface area contributed by atoms with Gasteiger partial charge in [-0.2, -0.15) is 11.8 Å². The number of pyridine rings is 1. The Morgan fingerprint density at radius 1 is 1.41 bits per heavy atom. The number of aromatic hydroxyl groups is 1. The number of sulfone groups is 1. The van der Waals surface area contributed by atoms with E-state index in [1.165, 1.54) is 6.07 Å². The minimum absolute atomic E-state index is 0.108. The number of benzene rings is 1. The summed E-state index contributed by atoms with van der Waals surface area (Å²) in [5.74, 6) is 1.24. The molecule has 1 fully saturated rings. The number of aromatic nitrogens is 1. The molecule has 22 heavy (non-hydrogen) atoms. The average molecular weight is 359 g/mol. The van der Waals surface area contributed by atoms with Gasteiger partial charge in [-0.1, -0.05) is 11.6 Å². The predicted octanol–water partition coefficient (Wildman–Crippen LogP) is 2.34. The van der Waals surface area contributed by atoms with Crippen molar-refractivity contribution in [2.24, 2.45) is 0 Å². The molecule has 118 valence electrons. The quantitative estimate of drug-likeness (QED) is 0.857. The summed E-state index contributed by atoms with van der Waals surface area (Å²) in [6.45, 7) is 2.43. The van der Waals surface area contributed by atoms with Crippen molar-refractivity contribution in [3.63, 3.8) is 0 Å². The van der Waals surface area contributed by atoms with Gasteiger partial charge in [0.15, 0.2) is 5.03 Å². The molecule has 2 aromatic rings. The first kappa shape index (κ1) is 15.9. The highest BCUT2D eigenvalue weighted by Gasteiger charge is 2.31. The molecule has 1 aromatic heterocycles. The van der Waals surface area contributed by atoms with Crippen LogP contribution in [0.3, 0.4) is 0 Å². The molecule has 1 atom stereocenters. The van der Waals surface area contributed by atoms with Crippen LogP contribution in [0, 0.1) is 6.92 Å². The van der Waals surface area contributed by atoms with Gasteiger partial charge < -0.3 is 5.11 Å². The second-order valence-corrected chi connectivity index (χ2v) is 8.82. The van der Waals surface area contributed by atoms with Crippen LogP contribution in [0.1, 0.15) is 5.56 Å². The Labute approximate surface area is 138 Å². The van der Waals surface area contributed by atoms with Gasteiger partial charge in [-0.25, -0.2) is 13.4 Å². The number of rotatable bonds is 2. The molecule has 0 radical (unpaired) electrons. The second kappa shape index (κ2) is 5.88. The van der Waals surface area contributed by atoms with Crippen LogP contribution < -0.4 is 5.32 Å². The summed E-state index contributed by atoms with van der Waals surface area (Å²) in [6, 6.07) is 4.48. The van der Waals surface area contributed by atoms with Crippen molar-refractivity contribution >= 4 is 44.1 Å². The van der Waals surface area contributed by atoms with Crippen molar-refractivity contribution in [3.05, 3.63) is 28.8 Å². The molecule has 1 aliphatic heterocycles. The minimum atomic E-state index is -3.64. The first-order chi connectivity index (χ1) is 10.4. The Bertz CT molecular complexity index is 834. The number of hydrogen-bond donors (Lipinski definition) is 2. The fourth-order valence-corrected chi connectivity index (χ4v) is 5.61. The SMILES string of the molecule is Cc1cc(Cl)cc2c(O)cc(S(=O)(=O)C3CSCCN3)nc12. The fourth-order valence-electron chi connectivity index (χ4n) is 2.45. The lowest BCUT2D eigenvalue weighted by atomic mass is 10.1. The Hall–Kier alpha value is -1.02. The number of halogens is 1. The Kier molecular flexibility index (Phi) is 4.24. The molecule has 1 saturated heterocycles. The third-order valence-corrected chi connectivity index (χ3v) is 6.94. The molecule has 8 heteroatoms. The lowest BCUT2D eigenvalue weighted by molar-refractivity contribution is 0.478. The van der Waals surface area contributed by atoms with Crippen molar-refractivity contribution in [2.75, 3.05) is 18.1 Å². The number of nitrogens with one attached hydrogen (secondary N) is 1. The maximum absolute atomic E-state index is 12.7. The van der Waals surface area contributed by atoms with Gasteiger partial charge in [-0.3, -0.25) is 5.32 Å². The Balaban J connectivity index is 2.15. The zero-order valence-corrected chi connectivity index (χ0v) is 14.2. The van der Waals surface area contributed by atoms with E-state index in [9.17, 15) is 13.5 Å². The summed E-state index contributed by atoms with van der Waals surface area (Å²) in [7, 11) is -3.64. The molecule has 0 saturated carbocycles. The molecule has 5 nitrogen and oxygen atoms in total. The van der Waals surface area contributed by atoms with Crippen LogP contribution in [0.4, 0.5) is 0 Å². The highest BCUT2D eigenvalue weighted by Crippen LogP contribution is 2.32. The molecule has 0 bridgehead atoms. The van der Waals surface area contributed by atoms with Crippen LogP contribution >= 0.6 is 23.4 Å². The van der Waals surface area contributed by atoms with Crippen molar-refractivity contribution in [1.82, 2.24) is 10.3 Å². The maximum Gasteiger partial charge on any atom is 0.212 e. The van der Waals surface area contributed by atoms with Crippen LogP contribution in [0.2, 0.25) is 5.02 Å². The highest BCUT2D eigenvalue weighted by molar-refractivity contribution is 8.01. The molecule has 3 rings (SSSR count). The third kappa shape index (κ3) is 2.78. The molecule has 2 N–H and O–H groups in total. The van der Waals surface area contributed by atoms with Gasteiger partial charge in [0.05, 0.1) is 5.52 Å². The Morgan fingerprint density at radius 2 is 2.18 bits per heavy atom. The van der Waals surface area contributed by atoms with Gasteiger partial charge >= 0.3 is 0 Å². The number of nitrogens with zero attached hydrogens (tertiary/aromatic N) is 1. The molecule has 0 amide bonds. The second-order valence-electron chi connectivity index (χ2n) is 5.16. The van der Waals surface area contributed by atoms with Gasteiger partial charge in [0.1, 0.15) is 11.1 Å². The van der Waals surface area contributed by atoms with E-state index in [1.54, 1.807) is 30.8 Å². The van der Waals surface area contributed by atoms with Crippen LogP contribution in [0.25, 0.3) is 10.9 Å². The molecule has 1 aromatic carbocycles. The van der Waals surface area contributed by atoms with Crippen molar-refractivity contribution in [1.29, 1.82) is 0 Å². The first-order valence-corrected chi connectivity index (χ1v) is 9.82. The monoisotopic (exact) mass is 358 g/mol. The standard InChI is InChI=1S/C14H15ClN2O3S2/c1-8-4-9(15)5-10-11(18)6-12(17-14(8)10)22(19,20)13-7-21-3-2-16-13/h4-6,13,16H,2-3,7H2,1H3,(H,17,18). The zero-order chi connectivity index (χ0) is 15.9. The van der Waals surface area contributed by atoms with E-state index < -0.39 is 15.2 Å². The number of fused-ring (bicyclic) bond motifs is 1. The molecule has 0 aliphatic carbocycles. The van der Waals surface area contributed by atoms with Crippen molar-refractivity contribution in [3.8, 4) is 5.75 Å². The molecule has 1 aliphatic rings. The highest BCUT2D eigenvalue weighted by atomic mass is 35.5. The maximum atomic E-state index is 12.7. The molecule has 0 spiro atoms. The van der Waals surface area contributed by atoms with Crippen LogP contribution in [0.15, 0.2) is 23.2 Å². The van der Waals surface area contributed by atoms with Gasteiger partial charge in [-0.15, -0.1) is 0 Å². The Morgan fingerprint density at radius 3 is 2.86 bits per heavy atom. The first-order valence-electron chi connectivity index (χ1n) is 6.74. The largest absolute Gasteiger partial charge is 0.507 e. The summed E-state index contributed by atoms with van der Waals surface area (Å²) < 4.78 is 25.4. The summed E-state index contributed by atoms with van der Waals surface area (Å²) >= 11 is 7.57. The van der Waals surface area contributed by atoms with Gasteiger partial charge in [0, 0.05) is 34.5 Å². The topological polar surface area (TPSA) is 79.3 Å². The average Bonchev–Trinajstić information content (AvgIpc) is 2.49. The lowest BCUT2D eigenvalue weighted by Gasteiger charge is -2.23. The molecule has 2 heterocycles. The van der Waals surface area contributed by atoms with Gasteiger partial charge in [-0.05, 0) is 24.6 Å². The predicted molar refractivity (Wildman–Crippen MR) is 89.5 cm³/mol. The van der Waals surface area contributed by atoms with E-state index in [0.29, 0.717) is 28.2 Å².